The molecule has 0 aliphatic rings. The molecule has 1 nitrogen and oxygen atoms in total. The van der Waals surface area contributed by atoms with E-state index in [0.717, 1.165) is 18.4 Å². The van der Waals surface area contributed by atoms with Crippen LogP contribution < -0.4 is 5.73 Å². The summed E-state index contributed by atoms with van der Waals surface area (Å²) in [5.41, 5.74) is 9.06. The predicted molar refractivity (Wildman–Crippen MR) is 68.4 cm³/mol. The van der Waals surface area contributed by atoms with Gasteiger partial charge < -0.3 is 5.73 Å². The van der Waals surface area contributed by atoms with Crippen LogP contribution in [0.1, 0.15) is 16.7 Å². The highest BCUT2D eigenvalue weighted by atomic mass is 19.1. The van der Waals surface area contributed by atoms with Gasteiger partial charge in [-0.3, -0.25) is 0 Å². The maximum absolute atomic E-state index is 13.1. The molecule has 0 radical (unpaired) electrons. The molecule has 0 saturated carbocycles. The lowest BCUT2D eigenvalue weighted by Crippen LogP contribution is -2.05. The van der Waals surface area contributed by atoms with E-state index in [1.807, 2.05) is 18.2 Å². The normalized spacial score (nSPS) is 10.5. The molecule has 0 saturated heterocycles. The Morgan fingerprint density at radius 3 is 2.41 bits per heavy atom. The van der Waals surface area contributed by atoms with E-state index in [4.69, 9.17) is 5.73 Å². The molecule has 0 aromatic heterocycles. The number of hydrogen-bond donors (Lipinski definition) is 1. The first-order chi connectivity index (χ1) is 8.29. The molecule has 0 amide bonds. The van der Waals surface area contributed by atoms with E-state index in [9.17, 15) is 4.39 Å². The molecule has 2 N–H and O–H groups in total. The predicted octanol–water partition coefficient (Wildman–Crippen LogP) is 2.92. The van der Waals surface area contributed by atoms with Gasteiger partial charge in [0.2, 0.25) is 0 Å². The van der Waals surface area contributed by atoms with Crippen LogP contribution in [0.4, 0.5) is 4.39 Å². The van der Waals surface area contributed by atoms with Crippen LogP contribution in [0.3, 0.4) is 0 Å². The summed E-state index contributed by atoms with van der Waals surface area (Å²) in [7, 11) is 0. The zero-order valence-electron chi connectivity index (χ0n) is 9.70. The molecule has 0 fully saturated rings. The highest BCUT2D eigenvalue weighted by Crippen LogP contribution is 2.15. The fourth-order valence-electron chi connectivity index (χ4n) is 2.00. The summed E-state index contributed by atoms with van der Waals surface area (Å²) in [6.45, 7) is 0.639. The van der Waals surface area contributed by atoms with Crippen molar-refractivity contribution in [3.63, 3.8) is 0 Å². The van der Waals surface area contributed by atoms with Gasteiger partial charge in [0.15, 0.2) is 0 Å². The first kappa shape index (κ1) is 11.8. The second kappa shape index (κ2) is 5.60. The van der Waals surface area contributed by atoms with Gasteiger partial charge in [-0.15, -0.1) is 0 Å². The second-order valence-corrected chi connectivity index (χ2v) is 4.11. The minimum absolute atomic E-state index is 0.182. The smallest absolute Gasteiger partial charge is 0.123 e. The molecular weight excluding hydrogens is 213 g/mol. The first-order valence-corrected chi connectivity index (χ1v) is 5.81. The number of hydrogen-bond acceptors (Lipinski definition) is 1. The third-order valence-corrected chi connectivity index (χ3v) is 2.82. The lowest BCUT2D eigenvalue weighted by atomic mass is 9.98. The fourth-order valence-corrected chi connectivity index (χ4v) is 2.00. The van der Waals surface area contributed by atoms with Crippen molar-refractivity contribution in [2.75, 3.05) is 6.54 Å². The average molecular weight is 229 g/mol. The first-order valence-electron chi connectivity index (χ1n) is 5.81. The van der Waals surface area contributed by atoms with Gasteiger partial charge in [0.05, 0.1) is 0 Å². The van der Waals surface area contributed by atoms with Crippen molar-refractivity contribution in [1.82, 2.24) is 0 Å². The highest BCUT2D eigenvalue weighted by molar-refractivity contribution is 5.33. The van der Waals surface area contributed by atoms with Crippen molar-refractivity contribution in [3.8, 4) is 0 Å². The molecule has 2 aromatic rings. The zero-order chi connectivity index (χ0) is 12.1. The standard InChI is InChI=1S/C15H16FN/c16-15-7-3-4-12(11-15)10-14-6-2-1-5-13(14)8-9-17/h1-7,11H,8-10,17H2. The van der Waals surface area contributed by atoms with E-state index in [1.54, 1.807) is 12.1 Å². The van der Waals surface area contributed by atoms with Gasteiger partial charge in [-0.1, -0.05) is 36.4 Å². The van der Waals surface area contributed by atoms with Crippen molar-refractivity contribution < 1.29 is 4.39 Å². The molecule has 2 rings (SSSR count). The average Bonchev–Trinajstić information content (AvgIpc) is 2.32. The van der Waals surface area contributed by atoms with Crippen molar-refractivity contribution in [2.45, 2.75) is 12.8 Å². The lowest BCUT2D eigenvalue weighted by molar-refractivity contribution is 0.626. The van der Waals surface area contributed by atoms with E-state index >= 15 is 0 Å². The number of nitrogens with two attached hydrogens (primary N) is 1. The van der Waals surface area contributed by atoms with Gasteiger partial charge in [-0.25, -0.2) is 4.39 Å². The largest absolute Gasteiger partial charge is 0.330 e. The monoisotopic (exact) mass is 229 g/mol. The molecule has 88 valence electrons. The Kier molecular flexibility index (Phi) is 3.89. The molecule has 2 heteroatoms. The van der Waals surface area contributed by atoms with Crippen LogP contribution in [0.25, 0.3) is 0 Å². The third-order valence-electron chi connectivity index (χ3n) is 2.82. The molecule has 17 heavy (non-hydrogen) atoms. The fraction of sp³-hybridized carbons (Fsp3) is 0.200. The van der Waals surface area contributed by atoms with Gasteiger partial charge in [-0.05, 0) is 48.2 Å². The van der Waals surface area contributed by atoms with Crippen LogP contribution in [-0.2, 0) is 12.8 Å². The van der Waals surface area contributed by atoms with E-state index in [1.165, 1.54) is 17.2 Å². The Balaban J connectivity index is 2.23. The molecule has 0 aliphatic carbocycles. The summed E-state index contributed by atoms with van der Waals surface area (Å²) >= 11 is 0. The van der Waals surface area contributed by atoms with Crippen molar-refractivity contribution in [1.29, 1.82) is 0 Å². The Hall–Kier alpha value is -1.67. The topological polar surface area (TPSA) is 26.0 Å². The minimum atomic E-state index is -0.182. The Morgan fingerprint density at radius 1 is 0.941 bits per heavy atom. The summed E-state index contributed by atoms with van der Waals surface area (Å²) in [6.07, 6.45) is 1.62. The van der Waals surface area contributed by atoms with Crippen LogP contribution >= 0.6 is 0 Å². The minimum Gasteiger partial charge on any atom is -0.330 e. The quantitative estimate of drug-likeness (QED) is 0.857. The summed E-state index contributed by atoms with van der Waals surface area (Å²) in [6, 6.07) is 14.9. The molecule has 0 atom stereocenters. The molecular formula is C15H16FN. The summed E-state index contributed by atoms with van der Waals surface area (Å²) < 4.78 is 13.1. The molecule has 0 unspecified atom stereocenters. The van der Waals surface area contributed by atoms with Crippen molar-refractivity contribution >= 4 is 0 Å². The number of halogens is 1. The highest BCUT2D eigenvalue weighted by Gasteiger charge is 2.03. The Morgan fingerprint density at radius 2 is 1.71 bits per heavy atom. The number of rotatable bonds is 4. The SMILES string of the molecule is NCCc1ccccc1Cc1cccc(F)c1. The summed E-state index contributed by atoms with van der Waals surface area (Å²) in [5.74, 6) is -0.182. The van der Waals surface area contributed by atoms with Gasteiger partial charge in [0.1, 0.15) is 5.82 Å². The van der Waals surface area contributed by atoms with E-state index < -0.39 is 0 Å². The maximum atomic E-state index is 13.1. The van der Waals surface area contributed by atoms with Crippen molar-refractivity contribution in [3.05, 3.63) is 71.0 Å². The summed E-state index contributed by atoms with van der Waals surface area (Å²) in [4.78, 5) is 0. The maximum Gasteiger partial charge on any atom is 0.123 e. The third kappa shape index (κ3) is 3.14. The Labute approximate surface area is 101 Å². The van der Waals surface area contributed by atoms with Gasteiger partial charge in [0, 0.05) is 0 Å². The van der Waals surface area contributed by atoms with Crippen LogP contribution in [0, 0.1) is 5.82 Å². The number of benzene rings is 2. The van der Waals surface area contributed by atoms with Crippen molar-refractivity contribution in [2.24, 2.45) is 5.73 Å². The summed E-state index contributed by atoms with van der Waals surface area (Å²) in [5, 5.41) is 0. The van der Waals surface area contributed by atoms with Crippen LogP contribution in [0.2, 0.25) is 0 Å². The van der Waals surface area contributed by atoms with Crippen LogP contribution in [-0.4, -0.2) is 6.54 Å². The molecule has 0 aliphatic heterocycles. The van der Waals surface area contributed by atoms with Crippen LogP contribution in [0.5, 0.6) is 0 Å². The van der Waals surface area contributed by atoms with E-state index in [-0.39, 0.29) is 5.82 Å². The molecule has 0 spiro atoms. The van der Waals surface area contributed by atoms with Gasteiger partial charge in [0.25, 0.3) is 0 Å². The van der Waals surface area contributed by atoms with E-state index in [0.29, 0.717) is 6.54 Å². The molecule has 2 aromatic carbocycles. The van der Waals surface area contributed by atoms with E-state index in [2.05, 4.69) is 12.1 Å². The molecule has 0 heterocycles. The Bertz CT molecular complexity index is 494. The lowest BCUT2D eigenvalue weighted by Gasteiger charge is -2.08. The second-order valence-electron chi connectivity index (χ2n) is 4.11. The van der Waals surface area contributed by atoms with Gasteiger partial charge >= 0.3 is 0 Å². The molecule has 0 bridgehead atoms. The van der Waals surface area contributed by atoms with Gasteiger partial charge in [-0.2, -0.15) is 0 Å². The zero-order valence-corrected chi connectivity index (χ0v) is 9.70. The van der Waals surface area contributed by atoms with Crippen LogP contribution in [0.15, 0.2) is 48.5 Å².